The van der Waals surface area contributed by atoms with E-state index in [1.54, 1.807) is 6.33 Å². The zero-order valence-corrected chi connectivity index (χ0v) is 14.8. The normalized spacial score (nSPS) is 16.0. The van der Waals surface area contributed by atoms with Crippen LogP contribution < -0.4 is 11.1 Å². The van der Waals surface area contributed by atoms with Crippen LogP contribution in [0.3, 0.4) is 0 Å². The topological polar surface area (TPSA) is 82.9 Å². The maximum atomic E-state index is 6.02. The first-order chi connectivity index (χ1) is 12.7. The lowest BCUT2D eigenvalue weighted by molar-refractivity contribution is 0.206. The Labute approximate surface area is 153 Å². The maximum absolute atomic E-state index is 6.02. The number of hydrogen-bond acceptors (Lipinski definition) is 5. The molecule has 134 valence electrons. The van der Waals surface area contributed by atoms with Crippen LogP contribution in [0.15, 0.2) is 43.4 Å². The number of benzene rings is 1. The van der Waals surface area contributed by atoms with Crippen molar-refractivity contribution in [3.05, 3.63) is 54.5 Å². The Bertz CT molecular complexity index is 908. The third kappa shape index (κ3) is 3.47. The van der Waals surface area contributed by atoms with Crippen molar-refractivity contribution in [2.24, 2.45) is 5.73 Å². The Morgan fingerprint density at radius 2 is 2.15 bits per heavy atom. The van der Waals surface area contributed by atoms with Crippen molar-refractivity contribution in [2.45, 2.75) is 25.4 Å². The van der Waals surface area contributed by atoms with Crippen LogP contribution in [0.2, 0.25) is 0 Å². The summed E-state index contributed by atoms with van der Waals surface area (Å²) in [7, 11) is 0. The molecule has 0 atom stereocenters. The molecule has 1 fully saturated rings. The summed E-state index contributed by atoms with van der Waals surface area (Å²) in [5.74, 6) is 0.821. The minimum Gasteiger partial charge on any atom is -0.346 e. The number of fused-ring (bicyclic) bond motifs is 1. The quantitative estimate of drug-likeness (QED) is 0.659. The first-order valence-electron chi connectivity index (χ1n) is 9.01. The average Bonchev–Trinajstić information content (AvgIpc) is 3.08. The number of rotatable bonds is 5. The van der Waals surface area contributed by atoms with Crippen molar-refractivity contribution in [3.63, 3.8) is 0 Å². The summed E-state index contributed by atoms with van der Waals surface area (Å²) in [5.41, 5.74) is 10.1. The van der Waals surface area contributed by atoms with E-state index in [4.69, 9.17) is 5.73 Å². The number of H-pyrrole nitrogens is 1. The van der Waals surface area contributed by atoms with E-state index in [0.29, 0.717) is 6.04 Å². The molecule has 26 heavy (non-hydrogen) atoms. The molecule has 0 unspecified atom stereocenters. The van der Waals surface area contributed by atoms with Gasteiger partial charge in [0.2, 0.25) is 0 Å². The van der Waals surface area contributed by atoms with Crippen LogP contribution in [0.4, 0.5) is 11.5 Å². The zero-order valence-electron chi connectivity index (χ0n) is 14.8. The molecule has 0 spiro atoms. The van der Waals surface area contributed by atoms with E-state index in [-0.39, 0.29) is 0 Å². The van der Waals surface area contributed by atoms with Gasteiger partial charge < -0.3 is 16.0 Å². The van der Waals surface area contributed by atoms with Gasteiger partial charge in [-0.2, -0.15) is 0 Å². The first-order valence-corrected chi connectivity index (χ1v) is 9.01. The van der Waals surface area contributed by atoms with Gasteiger partial charge in [-0.25, -0.2) is 9.97 Å². The highest BCUT2D eigenvalue weighted by molar-refractivity contribution is 5.92. The van der Waals surface area contributed by atoms with Gasteiger partial charge in [-0.15, -0.1) is 0 Å². The van der Waals surface area contributed by atoms with Crippen molar-refractivity contribution < 1.29 is 0 Å². The monoisotopic (exact) mass is 348 g/mol. The molecule has 0 bridgehead atoms. The summed E-state index contributed by atoms with van der Waals surface area (Å²) in [6.07, 6.45) is 7.57. The molecule has 1 aliphatic rings. The summed E-state index contributed by atoms with van der Waals surface area (Å²) in [6.45, 7) is 6.78. The molecule has 0 radical (unpaired) electrons. The molecule has 0 aliphatic carbocycles. The minimum absolute atomic E-state index is 0.340. The fourth-order valence-corrected chi connectivity index (χ4v) is 3.48. The molecular formula is C20H24N6. The van der Waals surface area contributed by atoms with E-state index in [1.165, 1.54) is 5.56 Å². The van der Waals surface area contributed by atoms with Crippen LogP contribution in [0.25, 0.3) is 17.1 Å². The molecule has 3 heterocycles. The fraction of sp³-hybridized carbons (Fsp3) is 0.300. The largest absolute Gasteiger partial charge is 0.346 e. The third-order valence-electron chi connectivity index (χ3n) is 4.96. The molecule has 6 nitrogen and oxygen atoms in total. The van der Waals surface area contributed by atoms with E-state index in [1.807, 2.05) is 30.5 Å². The number of aromatic nitrogens is 3. The summed E-state index contributed by atoms with van der Waals surface area (Å²) >= 11 is 0. The van der Waals surface area contributed by atoms with Crippen molar-refractivity contribution in [2.75, 3.05) is 18.4 Å². The molecular weight excluding hydrogens is 324 g/mol. The minimum atomic E-state index is 0.340. The predicted molar refractivity (Wildman–Crippen MR) is 106 cm³/mol. The van der Waals surface area contributed by atoms with Gasteiger partial charge in [-0.3, -0.25) is 4.90 Å². The SMILES string of the molecule is C=Cc1cccc(Nc2ncnc3[nH]cc(CN4CCC(N)CC4)c23)c1. The number of nitrogens with two attached hydrogens (primary N) is 1. The average molecular weight is 348 g/mol. The maximum Gasteiger partial charge on any atom is 0.143 e. The van der Waals surface area contributed by atoms with Gasteiger partial charge in [-0.1, -0.05) is 24.8 Å². The Morgan fingerprint density at radius 3 is 2.96 bits per heavy atom. The van der Waals surface area contributed by atoms with Gasteiger partial charge in [-0.05, 0) is 49.2 Å². The number of anilines is 2. The van der Waals surface area contributed by atoms with Gasteiger partial charge in [0.1, 0.15) is 17.8 Å². The van der Waals surface area contributed by atoms with Crippen molar-refractivity contribution in [3.8, 4) is 0 Å². The molecule has 1 aromatic carbocycles. The van der Waals surface area contributed by atoms with Gasteiger partial charge in [0.15, 0.2) is 0 Å². The Morgan fingerprint density at radius 1 is 1.31 bits per heavy atom. The highest BCUT2D eigenvalue weighted by Crippen LogP contribution is 2.28. The van der Waals surface area contributed by atoms with E-state index < -0.39 is 0 Å². The molecule has 0 amide bonds. The second-order valence-electron chi connectivity index (χ2n) is 6.83. The first kappa shape index (κ1) is 16.8. The molecule has 1 aliphatic heterocycles. The Balaban J connectivity index is 1.62. The predicted octanol–water partition coefficient (Wildman–Crippen LogP) is 3.27. The van der Waals surface area contributed by atoms with E-state index in [2.05, 4.69) is 37.8 Å². The van der Waals surface area contributed by atoms with Crippen LogP contribution in [0.1, 0.15) is 24.0 Å². The zero-order chi connectivity index (χ0) is 17.9. The summed E-state index contributed by atoms with van der Waals surface area (Å²) < 4.78 is 0. The van der Waals surface area contributed by atoms with Crippen LogP contribution >= 0.6 is 0 Å². The number of likely N-dealkylation sites (tertiary alicyclic amines) is 1. The number of nitrogens with one attached hydrogen (secondary N) is 2. The van der Waals surface area contributed by atoms with Gasteiger partial charge in [0, 0.05) is 24.5 Å². The number of aromatic amines is 1. The van der Waals surface area contributed by atoms with E-state index >= 15 is 0 Å². The van der Waals surface area contributed by atoms with Crippen LogP contribution in [-0.4, -0.2) is 39.0 Å². The molecule has 6 heteroatoms. The lowest BCUT2D eigenvalue weighted by atomic mass is 10.1. The molecule has 4 rings (SSSR count). The van der Waals surface area contributed by atoms with Crippen LogP contribution in [-0.2, 0) is 6.54 Å². The smallest absolute Gasteiger partial charge is 0.143 e. The number of nitrogens with zero attached hydrogens (tertiary/aromatic N) is 3. The lowest BCUT2D eigenvalue weighted by Crippen LogP contribution is -2.39. The Hall–Kier alpha value is -2.70. The highest BCUT2D eigenvalue weighted by Gasteiger charge is 2.19. The van der Waals surface area contributed by atoms with Crippen molar-refractivity contribution in [1.82, 2.24) is 19.9 Å². The molecule has 3 aromatic rings. The number of hydrogen-bond donors (Lipinski definition) is 3. The van der Waals surface area contributed by atoms with Gasteiger partial charge in [0.05, 0.1) is 5.39 Å². The fourth-order valence-electron chi connectivity index (χ4n) is 3.48. The second kappa shape index (κ2) is 7.27. The molecule has 4 N–H and O–H groups in total. The van der Waals surface area contributed by atoms with Gasteiger partial charge in [0.25, 0.3) is 0 Å². The summed E-state index contributed by atoms with van der Waals surface area (Å²) in [4.78, 5) is 14.6. The summed E-state index contributed by atoms with van der Waals surface area (Å²) in [6, 6.07) is 8.45. The molecule has 0 saturated carbocycles. The van der Waals surface area contributed by atoms with Crippen LogP contribution in [0.5, 0.6) is 0 Å². The third-order valence-corrected chi connectivity index (χ3v) is 4.96. The van der Waals surface area contributed by atoms with Gasteiger partial charge >= 0.3 is 0 Å². The van der Waals surface area contributed by atoms with Crippen LogP contribution in [0, 0.1) is 0 Å². The van der Waals surface area contributed by atoms with E-state index in [9.17, 15) is 0 Å². The lowest BCUT2D eigenvalue weighted by Gasteiger charge is -2.29. The highest BCUT2D eigenvalue weighted by atomic mass is 15.1. The van der Waals surface area contributed by atoms with Crippen molar-refractivity contribution in [1.29, 1.82) is 0 Å². The van der Waals surface area contributed by atoms with E-state index in [0.717, 1.165) is 60.6 Å². The number of piperidine rings is 1. The Kier molecular flexibility index (Phi) is 4.69. The second-order valence-corrected chi connectivity index (χ2v) is 6.83. The summed E-state index contributed by atoms with van der Waals surface area (Å²) in [5, 5.41) is 4.48. The molecule has 2 aromatic heterocycles. The van der Waals surface area contributed by atoms with Crippen molar-refractivity contribution >= 4 is 28.6 Å². The molecule has 1 saturated heterocycles. The standard InChI is InChI=1S/C20H24N6/c1-2-14-4-3-5-17(10-14)25-20-18-15(11-22-19(18)23-13-24-20)12-26-8-6-16(21)7-9-26/h2-5,10-11,13,16H,1,6-9,12,21H2,(H2,22,23,24,25).